The molecule has 0 aromatic heterocycles. The molecule has 1 N–H and O–H groups in total. The van der Waals surface area contributed by atoms with Crippen molar-refractivity contribution >= 4 is 11.6 Å². The number of likely N-dealkylation sites (N-methyl/N-ethyl adjacent to an activating group) is 1. The van der Waals surface area contributed by atoms with E-state index in [1.165, 1.54) is 6.07 Å². The van der Waals surface area contributed by atoms with Crippen LogP contribution < -0.4 is 5.32 Å². The van der Waals surface area contributed by atoms with Gasteiger partial charge in [0.25, 0.3) is 0 Å². The highest BCUT2D eigenvalue weighted by Crippen LogP contribution is 2.13. The van der Waals surface area contributed by atoms with Gasteiger partial charge in [-0.3, -0.25) is 9.69 Å². The van der Waals surface area contributed by atoms with E-state index in [9.17, 15) is 18.0 Å². The number of hydrogen-bond acceptors (Lipinski definition) is 2. The second-order valence-corrected chi connectivity index (χ2v) is 4.97. The summed E-state index contributed by atoms with van der Waals surface area (Å²) in [5.74, 6) is -2.32. The fourth-order valence-electron chi connectivity index (χ4n) is 2.04. The molecule has 0 aliphatic rings. The van der Waals surface area contributed by atoms with Gasteiger partial charge in [0.05, 0.1) is 6.54 Å². The molecule has 1 amide bonds. The molecule has 2 rings (SSSR count). The van der Waals surface area contributed by atoms with Crippen LogP contribution in [0.3, 0.4) is 0 Å². The molecular weight excluding hydrogens is 293 g/mol. The van der Waals surface area contributed by atoms with Crippen LogP contribution in [0.15, 0.2) is 42.5 Å². The lowest BCUT2D eigenvalue weighted by atomic mass is 10.2. The molecule has 3 nitrogen and oxygen atoms in total. The molecule has 0 aliphatic heterocycles. The van der Waals surface area contributed by atoms with Crippen LogP contribution in [0.2, 0.25) is 0 Å². The number of nitrogens with zero attached hydrogens (tertiary/aromatic N) is 1. The van der Waals surface area contributed by atoms with E-state index in [-0.39, 0.29) is 24.6 Å². The molecular formula is C16H15F3N2O. The maximum absolute atomic E-state index is 13.5. The molecule has 0 heterocycles. The van der Waals surface area contributed by atoms with Crippen LogP contribution in [0.5, 0.6) is 0 Å². The molecule has 2 aromatic carbocycles. The predicted octanol–water partition coefficient (Wildman–Crippen LogP) is 3.17. The lowest BCUT2D eigenvalue weighted by Gasteiger charge is -2.16. The zero-order chi connectivity index (χ0) is 16.1. The van der Waals surface area contributed by atoms with Gasteiger partial charge in [0, 0.05) is 23.9 Å². The largest absolute Gasteiger partial charge is 0.325 e. The summed E-state index contributed by atoms with van der Waals surface area (Å²) in [4.78, 5) is 13.4. The van der Waals surface area contributed by atoms with Gasteiger partial charge in [0.15, 0.2) is 0 Å². The Labute approximate surface area is 126 Å². The Kier molecular flexibility index (Phi) is 5.16. The minimum Gasteiger partial charge on any atom is -0.325 e. The monoisotopic (exact) mass is 308 g/mol. The van der Waals surface area contributed by atoms with Crippen LogP contribution in [0.25, 0.3) is 0 Å². The Morgan fingerprint density at radius 1 is 1.09 bits per heavy atom. The smallest absolute Gasteiger partial charge is 0.238 e. The fraction of sp³-hybridized carbons (Fsp3) is 0.188. The number of benzene rings is 2. The topological polar surface area (TPSA) is 32.3 Å². The first-order chi connectivity index (χ1) is 10.4. The summed E-state index contributed by atoms with van der Waals surface area (Å²) < 4.78 is 39.6. The molecule has 0 radical (unpaired) electrons. The van der Waals surface area contributed by atoms with Crippen molar-refractivity contribution in [3.63, 3.8) is 0 Å². The number of amides is 1. The predicted molar refractivity (Wildman–Crippen MR) is 77.7 cm³/mol. The van der Waals surface area contributed by atoms with Crippen molar-refractivity contribution in [2.45, 2.75) is 6.54 Å². The van der Waals surface area contributed by atoms with E-state index in [2.05, 4.69) is 5.32 Å². The summed E-state index contributed by atoms with van der Waals surface area (Å²) in [7, 11) is 1.65. The van der Waals surface area contributed by atoms with Crippen LogP contribution in [0.4, 0.5) is 18.9 Å². The van der Waals surface area contributed by atoms with Crippen molar-refractivity contribution in [3.8, 4) is 0 Å². The Balaban J connectivity index is 1.92. The van der Waals surface area contributed by atoms with E-state index in [0.29, 0.717) is 5.56 Å². The molecule has 0 saturated heterocycles. The highest BCUT2D eigenvalue weighted by molar-refractivity contribution is 5.92. The Morgan fingerprint density at radius 3 is 2.36 bits per heavy atom. The van der Waals surface area contributed by atoms with Crippen LogP contribution in [0, 0.1) is 17.5 Å². The average Bonchev–Trinajstić information content (AvgIpc) is 2.39. The minimum absolute atomic E-state index is 0.0353. The highest BCUT2D eigenvalue weighted by Gasteiger charge is 2.10. The summed E-state index contributed by atoms with van der Waals surface area (Å²) >= 11 is 0. The van der Waals surface area contributed by atoms with Gasteiger partial charge in [0.2, 0.25) is 5.91 Å². The average molecular weight is 308 g/mol. The van der Waals surface area contributed by atoms with Crippen LogP contribution in [-0.2, 0) is 11.3 Å². The summed E-state index contributed by atoms with van der Waals surface area (Å²) in [6.45, 7) is 0.212. The van der Waals surface area contributed by atoms with Gasteiger partial charge in [-0.15, -0.1) is 0 Å². The molecule has 0 spiro atoms. The van der Waals surface area contributed by atoms with Crippen LogP contribution in [-0.4, -0.2) is 24.4 Å². The van der Waals surface area contributed by atoms with E-state index in [1.807, 2.05) is 0 Å². The summed E-state index contributed by atoms with van der Waals surface area (Å²) in [5.41, 5.74) is 0.511. The number of hydrogen-bond donors (Lipinski definition) is 1. The molecule has 0 atom stereocenters. The second-order valence-electron chi connectivity index (χ2n) is 4.97. The number of anilines is 1. The standard InChI is InChI=1S/C16H15F3N2O/c1-21(9-11-4-2-3-5-15(11)19)10-16(22)20-14-7-12(17)6-13(18)8-14/h2-8H,9-10H2,1H3,(H,20,22). The molecule has 0 unspecified atom stereocenters. The van der Waals surface area contributed by atoms with Crippen molar-refractivity contribution in [1.82, 2.24) is 4.90 Å². The van der Waals surface area contributed by atoms with E-state index in [1.54, 1.807) is 30.1 Å². The van der Waals surface area contributed by atoms with Crippen molar-refractivity contribution in [3.05, 3.63) is 65.5 Å². The first kappa shape index (κ1) is 16.0. The lowest BCUT2D eigenvalue weighted by molar-refractivity contribution is -0.117. The molecule has 0 saturated carbocycles. The summed E-state index contributed by atoms with van der Waals surface area (Å²) in [5, 5.41) is 2.40. The van der Waals surface area contributed by atoms with E-state index in [4.69, 9.17) is 0 Å². The molecule has 2 aromatic rings. The van der Waals surface area contributed by atoms with Crippen LogP contribution in [0.1, 0.15) is 5.56 Å². The minimum atomic E-state index is -0.769. The third-order valence-corrected chi connectivity index (χ3v) is 2.96. The Hall–Kier alpha value is -2.34. The van der Waals surface area contributed by atoms with Crippen molar-refractivity contribution < 1.29 is 18.0 Å². The van der Waals surface area contributed by atoms with E-state index >= 15 is 0 Å². The first-order valence-electron chi connectivity index (χ1n) is 6.62. The second kappa shape index (κ2) is 7.09. The fourth-order valence-corrected chi connectivity index (χ4v) is 2.04. The highest BCUT2D eigenvalue weighted by atomic mass is 19.1. The Bertz CT molecular complexity index is 656. The number of halogens is 3. The van der Waals surface area contributed by atoms with Gasteiger partial charge < -0.3 is 5.32 Å². The van der Waals surface area contributed by atoms with Gasteiger partial charge in [-0.05, 0) is 25.2 Å². The number of nitrogens with one attached hydrogen (secondary N) is 1. The van der Waals surface area contributed by atoms with Crippen LogP contribution >= 0.6 is 0 Å². The Morgan fingerprint density at radius 2 is 1.73 bits per heavy atom. The van der Waals surface area contributed by atoms with E-state index < -0.39 is 17.5 Å². The van der Waals surface area contributed by atoms with Gasteiger partial charge in [-0.2, -0.15) is 0 Å². The quantitative estimate of drug-likeness (QED) is 0.920. The van der Waals surface area contributed by atoms with E-state index in [0.717, 1.165) is 18.2 Å². The van der Waals surface area contributed by atoms with Crippen molar-refractivity contribution in [2.24, 2.45) is 0 Å². The molecule has 22 heavy (non-hydrogen) atoms. The molecule has 0 aliphatic carbocycles. The summed E-state index contributed by atoms with van der Waals surface area (Å²) in [6.07, 6.45) is 0. The number of carbonyl (C=O) groups is 1. The maximum atomic E-state index is 13.5. The SMILES string of the molecule is CN(CC(=O)Nc1cc(F)cc(F)c1)Cc1ccccc1F. The van der Waals surface area contributed by atoms with Crippen molar-refractivity contribution in [1.29, 1.82) is 0 Å². The lowest BCUT2D eigenvalue weighted by Crippen LogP contribution is -2.30. The molecule has 116 valence electrons. The zero-order valence-corrected chi connectivity index (χ0v) is 11.9. The number of rotatable bonds is 5. The van der Waals surface area contributed by atoms with Gasteiger partial charge >= 0.3 is 0 Å². The van der Waals surface area contributed by atoms with Crippen molar-refractivity contribution in [2.75, 3.05) is 18.9 Å². The zero-order valence-electron chi connectivity index (χ0n) is 11.9. The number of carbonyl (C=O) groups excluding carboxylic acids is 1. The third kappa shape index (κ3) is 4.60. The van der Waals surface area contributed by atoms with Gasteiger partial charge in [0.1, 0.15) is 17.5 Å². The molecule has 0 bridgehead atoms. The maximum Gasteiger partial charge on any atom is 0.238 e. The van der Waals surface area contributed by atoms with Gasteiger partial charge in [-0.1, -0.05) is 18.2 Å². The normalized spacial score (nSPS) is 10.8. The molecule has 0 fully saturated rings. The van der Waals surface area contributed by atoms with Gasteiger partial charge in [-0.25, -0.2) is 13.2 Å². The molecule has 6 heteroatoms. The summed E-state index contributed by atoms with van der Waals surface area (Å²) in [6, 6.07) is 9.05. The first-order valence-corrected chi connectivity index (χ1v) is 6.62. The third-order valence-electron chi connectivity index (χ3n) is 2.96.